The molecule has 0 aromatic carbocycles. The second-order valence-electron chi connectivity index (χ2n) is 5.40. The molecule has 0 amide bonds. The second-order valence-corrected chi connectivity index (χ2v) is 5.40. The average Bonchev–Trinajstić information content (AvgIpc) is 2.30. The van der Waals surface area contributed by atoms with Crippen LogP contribution in [-0.4, -0.2) is 51.1 Å². The van der Waals surface area contributed by atoms with Gasteiger partial charge in [0.1, 0.15) is 5.54 Å². The molecule has 5 heteroatoms. The van der Waals surface area contributed by atoms with Crippen molar-refractivity contribution in [3.8, 4) is 0 Å². The van der Waals surface area contributed by atoms with Gasteiger partial charge in [0, 0.05) is 6.61 Å². The Morgan fingerprint density at radius 1 is 1.11 bits per heavy atom. The zero-order valence-electron chi connectivity index (χ0n) is 12.5. The van der Waals surface area contributed by atoms with E-state index in [-0.39, 0.29) is 11.6 Å². The monoisotopic (exact) mass is 261 g/mol. The van der Waals surface area contributed by atoms with Crippen molar-refractivity contribution in [3.63, 3.8) is 0 Å². The number of hydrogen-bond donors (Lipinski definition) is 1. The highest BCUT2D eigenvalue weighted by atomic mass is 16.5. The molecule has 0 spiro atoms. The highest BCUT2D eigenvalue weighted by Crippen LogP contribution is 2.11. The summed E-state index contributed by atoms with van der Waals surface area (Å²) in [5.41, 5.74) is -0.839. The van der Waals surface area contributed by atoms with Crippen LogP contribution in [0.3, 0.4) is 0 Å². The van der Waals surface area contributed by atoms with E-state index < -0.39 is 5.54 Å². The number of esters is 1. The maximum Gasteiger partial charge on any atom is 0.325 e. The smallest absolute Gasteiger partial charge is 0.325 e. The molecule has 1 N–H and O–H groups in total. The summed E-state index contributed by atoms with van der Waals surface area (Å²) in [5, 5.41) is 2.96. The molecule has 0 aliphatic carbocycles. The number of rotatable bonds is 8. The number of hydrogen-bond acceptors (Lipinski definition) is 5. The van der Waals surface area contributed by atoms with Crippen LogP contribution in [0.2, 0.25) is 0 Å². The van der Waals surface area contributed by atoms with E-state index in [0.29, 0.717) is 26.2 Å². The standard InChI is InChI=1S/C13H27NO4/c1-12(2,3)18-10-9-17-8-7-13(4,14-5)11(15)16-6/h14H,7-10H2,1-6H3. The predicted octanol–water partition coefficient (Wildman–Crippen LogP) is 1.36. The van der Waals surface area contributed by atoms with Crippen LogP contribution in [0.1, 0.15) is 34.1 Å². The Morgan fingerprint density at radius 3 is 2.17 bits per heavy atom. The molecule has 0 saturated carbocycles. The van der Waals surface area contributed by atoms with Gasteiger partial charge in [-0.05, 0) is 41.2 Å². The van der Waals surface area contributed by atoms with Crippen LogP contribution in [-0.2, 0) is 19.0 Å². The van der Waals surface area contributed by atoms with Crippen molar-refractivity contribution in [1.29, 1.82) is 0 Å². The second kappa shape index (κ2) is 7.71. The van der Waals surface area contributed by atoms with E-state index in [0.717, 1.165) is 0 Å². The van der Waals surface area contributed by atoms with E-state index in [4.69, 9.17) is 14.2 Å². The first-order valence-electron chi connectivity index (χ1n) is 6.24. The van der Waals surface area contributed by atoms with Crippen molar-refractivity contribution >= 4 is 5.97 Å². The first kappa shape index (κ1) is 17.4. The van der Waals surface area contributed by atoms with Gasteiger partial charge in [-0.3, -0.25) is 4.79 Å². The molecular weight excluding hydrogens is 234 g/mol. The summed E-state index contributed by atoms with van der Waals surface area (Å²) in [7, 11) is 3.12. The van der Waals surface area contributed by atoms with E-state index in [1.165, 1.54) is 7.11 Å². The zero-order chi connectivity index (χ0) is 14.2. The molecule has 0 saturated heterocycles. The number of likely N-dealkylation sites (N-methyl/N-ethyl adjacent to an activating group) is 1. The number of nitrogens with one attached hydrogen (secondary N) is 1. The number of methoxy groups -OCH3 is 1. The molecular formula is C13H27NO4. The van der Waals surface area contributed by atoms with E-state index in [1.807, 2.05) is 20.8 Å². The fraction of sp³-hybridized carbons (Fsp3) is 0.923. The summed E-state index contributed by atoms with van der Waals surface area (Å²) in [6, 6.07) is 0. The average molecular weight is 261 g/mol. The summed E-state index contributed by atoms with van der Waals surface area (Å²) in [5.74, 6) is -0.278. The molecule has 0 aromatic rings. The normalized spacial score (nSPS) is 15.2. The first-order chi connectivity index (χ1) is 8.25. The summed E-state index contributed by atoms with van der Waals surface area (Å²) in [4.78, 5) is 11.6. The molecule has 0 bridgehead atoms. The van der Waals surface area contributed by atoms with E-state index in [9.17, 15) is 4.79 Å². The predicted molar refractivity (Wildman–Crippen MR) is 70.6 cm³/mol. The summed E-state index contributed by atoms with van der Waals surface area (Å²) >= 11 is 0. The molecule has 0 heterocycles. The van der Waals surface area contributed by atoms with Gasteiger partial charge < -0.3 is 19.5 Å². The molecule has 0 aromatic heterocycles. The molecule has 1 unspecified atom stereocenters. The van der Waals surface area contributed by atoms with Crippen LogP contribution in [0.4, 0.5) is 0 Å². The van der Waals surface area contributed by atoms with E-state index >= 15 is 0 Å². The molecule has 0 aliphatic rings. The maximum absolute atomic E-state index is 11.6. The molecule has 18 heavy (non-hydrogen) atoms. The molecule has 1 atom stereocenters. The maximum atomic E-state index is 11.6. The molecule has 0 rings (SSSR count). The van der Waals surface area contributed by atoms with Crippen molar-refractivity contribution in [1.82, 2.24) is 5.32 Å². The Kier molecular flexibility index (Phi) is 7.43. The van der Waals surface area contributed by atoms with Crippen molar-refractivity contribution in [2.45, 2.75) is 45.3 Å². The van der Waals surface area contributed by atoms with Crippen LogP contribution in [0.15, 0.2) is 0 Å². The van der Waals surface area contributed by atoms with Crippen molar-refractivity contribution in [3.05, 3.63) is 0 Å². The Bertz CT molecular complexity index is 250. The molecule has 108 valence electrons. The number of ether oxygens (including phenoxy) is 3. The molecule has 0 aliphatic heterocycles. The number of carbonyl (C=O) groups excluding carboxylic acids is 1. The third kappa shape index (κ3) is 6.93. The van der Waals surface area contributed by atoms with Crippen LogP contribution < -0.4 is 5.32 Å². The van der Waals surface area contributed by atoms with Gasteiger partial charge in [-0.2, -0.15) is 0 Å². The van der Waals surface area contributed by atoms with Crippen LogP contribution in [0, 0.1) is 0 Å². The molecule has 0 radical (unpaired) electrons. The Labute approximate surface area is 110 Å². The van der Waals surface area contributed by atoms with Gasteiger partial charge in [0.15, 0.2) is 0 Å². The van der Waals surface area contributed by atoms with Crippen LogP contribution in [0.25, 0.3) is 0 Å². The molecule has 5 nitrogen and oxygen atoms in total. The third-order valence-electron chi connectivity index (χ3n) is 2.70. The fourth-order valence-electron chi connectivity index (χ4n) is 1.34. The van der Waals surface area contributed by atoms with E-state index in [1.54, 1.807) is 14.0 Å². The zero-order valence-corrected chi connectivity index (χ0v) is 12.5. The quantitative estimate of drug-likeness (QED) is 0.528. The van der Waals surface area contributed by atoms with Crippen molar-refractivity contribution in [2.24, 2.45) is 0 Å². The van der Waals surface area contributed by atoms with Gasteiger partial charge in [-0.25, -0.2) is 0 Å². The minimum Gasteiger partial charge on any atom is -0.468 e. The largest absolute Gasteiger partial charge is 0.468 e. The summed E-state index contributed by atoms with van der Waals surface area (Å²) in [6.45, 7) is 9.37. The lowest BCUT2D eigenvalue weighted by Gasteiger charge is -2.26. The van der Waals surface area contributed by atoms with Gasteiger partial charge in [-0.1, -0.05) is 0 Å². The van der Waals surface area contributed by atoms with Gasteiger partial charge in [0.2, 0.25) is 0 Å². The topological polar surface area (TPSA) is 56.8 Å². The molecule has 0 fully saturated rings. The summed E-state index contributed by atoms with van der Waals surface area (Å²) in [6.07, 6.45) is 0.561. The SMILES string of the molecule is CNC(C)(CCOCCOC(C)(C)C)C(=O)OC. The van der Waals surface area contributed by atoms with Gasteiger partial charge in [0.05, 0.1) is 25.9 Å². The lowest BCUT2D eigenvalue weighted by molar-refractivity contribution is -0.148. The van der Waals surface area contributed by atoms with Gasteiger partial charge >= 0.3 is 5.97 Å². The first-order valence-corrected chi connectivity index (χ1v) is 6.24. The fourth-order valence-corrected chi connectivity index (χ4v) is 1.34. The Hall–Kier alpha value is -0.650. The lowest BCUT2D eigenvalue weighted by atomic mass is 9.99. The van der Waals surface area contributed by atoms with Crippen molar-refractivity contribution < 1.29 is 19.0 Å². The lowest BCUT2D eigenvalue weighted by Crippen LogP contribution is -2.49. The van der Waals surface area contributed by atoms with Crippen LogP contribution in [0.5, 0.6) is 0 Å². The summed E-state index contributed by atoms with van der Waals surface area (Å²) < 4.78 is 15.7. The highest BCUT2D eigenvalue weighted by Gasteiger charge is 2.31. The highest BCUT2D eigenvalue weighted by molar-refractivity contribution is 5.80. The number of carbonyl (C=O) groups is 1. The minimum atomic E-state index is -0.695. The Morgan fingerprint density at radius 2 is 1.72 bits per heavy atom. The van der Waals surface area contributed by atoms with Gasteiger partial charge in [0.25, 0.3) is 0 Å². The van der Waals surface area contributed by atoms with Crippen LogP contribution >= 0.6 is 0 Å². The van der Waals surface area contributed by atoms with E-state index in [2.05, 4.69) is 5.32 Å². The third-order valence-corrected chi connectivity index (χ3v) is 2.70. The minimum absolute atomic E-state index is 0.144. The van der Waals surface area contributed by atoms with Gasteiger partial charge in [-0.15, -0.1) is 0 Å². The Balaban J connectivity index is 3.79. The van der Waals surface area contributed by atoms with Crippen molar-refractivity contribution in [2.75, 3.05) is 34.0 Å².